The molecule has 21 heavy (non-hydrogen) atoms. The Labute approximate surface area is 125 Å². The molecule has 4 atom stereocenters. The van der Waals surface area contributed by atoms with Crippen LogP contribution < -0.4 is 0 Å². The van der Waals surface area contributed by atoms with E-state index in [0.717, 1.165) is 6.42 Å². The van der Waals surface area contributed by atoms with Crippen molar-refractivity contribution in [2.45, 2.75) is 18.3 Å². The van der Waals surface area contributed by atoms with E-state index in [4.69, 9.17) is 0 Å². The maximum Gasteiger partial charge on any atom is 0.148 e. The summed E-state index contributed by atoms with van der Waals surface area (Å²) >= 11 is 0. The molecule has 0 saturated heterocycles. The summed E-state index contributed by atoms with van der Waals surface area (Å²) in [4.78, 5) is 13.1. The van der Waals surface area contributed by atoms with Crippen LogP contribution in [0.1, 0.15) is 29.4 Å². The molecular formula is C20H18O. The molecule has 2 aromatic rings. The number of rotatable bonds is 2. The maximum absolute atomic E-state index is 13.1. The largest absolute Gasteiger partial charge is 0.298 e. The lowest BCUT2D eigenvalue weighted by molar-refractivity contribution is -0.125. The van der Waals surface area contributed by atoms with Crippen molar-refractivity contribution in [2.24, 2.45) is 11.8 Å². The van der Waals surface area contributed by atoms with Crippen molar-refractivity contribution < 1.29 is 4.79 Å². The summed E-state index contributed by atoms with van der Waals surface area (Å²) in [5, 5.41) is 0. The van der Waals surface area contributed by atoms with Gasteiger partial charge in [0.2, 0.25) is 0 Å². The van der Waals surface area contributed by atoms with Crippen LogP contribution in [0.5, 0.6) is 0 Å². The van der Waals surface area contributed by atoms with E-state index in [1.54, 1.807) is 0 Å². The smallest absolute Gasteiger partial charge is 0.148 e. The molecule has 1 nitrogen and oxygen atoms in total. The van der Waals surface area contributed by atoms with Crippen LogP contribution in [0.3, 0.4) is 0 Å². The average Bonchev–Trinajstić information content (AvgIpc) is 2.94. The second-order valence-corrected chi connectivity index (χ2v) is 6.13. The molecule has 2 aliphatic rings. The third kappa shape index (κ3) is 2.04. The lowest BCUT2D eigenvalue weighted by Gasteiger charge is -2.34. The van der Waals surface area contributed by atoms with Crippen molar-refractivity contribution in [1.29, 1.82) is 0 Å². The van der Waals surface area contributed by atoms with Gasteiger partial charge in [-0.05, 0) is 29.4 Å². The first kappa shape index (κ1) is 12.6. The molecule has 1 fully saturated rings. The van der Waals surface area contributed by atoms with Gasteiger partial charge in [0.15, 0.2) is 0 Å². The molecule has 0 radical (unpaired) electrons. The van der Waals surface area contributed by atoms with Crippen LogP contribution in [0.2, 0.25) is 0 Å². The van der Waals surface area contributed by atoms with Crippen LogP contribution in [0.4, 0.5) is 0 Å². The van der Waals surface area contributed by atoms with Gasteiger partial charge in [-0.3, -0.25) is 4.79 Å². The van der Waals surface area contributed by atoms with E-state index in [-0.39, 0.29) is 11.8 Å². The van der Waals surface area contributed by atoms with Crippen molar-refractivity contribution in [3.63, 3.8) is 0 Å². The number of benzene rings is 2. The molecule has 0 unspecified atom stereocenters. The van der Waals surface area contributed by atoms with E-state index in [2.05, 4.69) is 36.4 Å². The van der Waals surface area contributed by atoms with E-state index in [1.165, 1.54) is 11.1 Å². The molecule has 4 rings (SSSR count). The quantitative estimate of drug-likeness (QED) is 0.745. The summed E-state index contributed by atoms with van der Waals surface area (Å²) in [7, 11) is 0. The monoisotopic (exact) mass is 274 g/mol. The van der Waals surface area contributed by atoms with Gasteiger partial charge in [-0.1, -0.05) is 72.8 Å². The molecule has 1 heteroatoms. The number of carbonyl (C=O) groups is 1. The van der Waals surface area contributed by atoms with Crippen LogP contribution in [0.15, 0.2) is 72.8 Å². The fraction of sp³-hybridized carbons (Fsp3) is 0.250. The lowest BCUT2D eigenvalue weighted by Crippen LogP contribution is -2.33. The van der Waals surface area contributed by atoms with Gasteiger partial charge in [0.25, 0.3) is 0 Å². The molecule has 104 valence electrons. The lowest BCUT2D eigenvalue weighted by atomic mass is 9.67. The van der Waals surface area contributed by atoms with Crippen molar-refractivity contribution in [2.75, 3.05) is 0 Å². The highest BCUT2D eigenvalue weighted by atomic mass is 16.1. The Morgan fingerprint density at radius 1 is 0.667 bits per heavy atom. The van der Waals surface area contributed by atoms with Gasteiger partial charge in [-0.15, -0.1) is 0 Å². The van der Waals surface area contributed by atoms with Gasteiger partial charge in [0.1, 0.15) is 5.78 Å². The minimum Gasteiger partial charge on any atom is -0.298 e. The highest BCUT2D eigenvalue weighted by molar-refractivity contribution is 5.94. The number of Topliss-reactive ketones (excluding diaryl/α,β-unsaturated/α-hetero) is 1. The van der Waals surface area contributed by atoms with Gasteiger partial charge in [-0.25, -0.2) is 0 Å². The van der Waals surface area contributed by atoms with Gasteiger partial charge in [0.05, 0.1) is 0 Å². The van der Waals surface area contributed by atoms with Crippen LogP contribution in [0, 0.1) is 11.8 Å². The first-order valence-corrected chi connectivity index (χ1v) is 7.66. The molecule has 1 saturated carbocycles. The second kappa shape index (κ2) is 5.00. The second-order valence-electron chi connectivity index (χ2n) is 6.13. The molecule has 0 amide bonds. The Kier molecular flexibility index (Phi) is 2.99. The predicted molar refractivity (Wildman–Crippen MR) is 84.1 cm³/mol. The highest BCUT2D eigenvalue weighted by Gasteiger charge is 2.45. The van der Waals surface area contributed by atoms with Gasteiger partial charge >= 0.3 is 0 Å². The molecule has 0 N–H and O–H groups in total. The van der Waals surface area contributed by atoms with E-state index < -0.39 is 0 Å². The fourth-order valence-electron chi connectivity index (χ4n) is 4.01. The Hall–Kier alpha value is -2.15. The zero-order valence-corrected chi connectivity index (χ0v) is 11.9. The number of ketones is 1. The van der Waals surface area contributed by atoms with Crippen molar-refractivity contribution in [1.82, 2.24) is 0 Å². The third-order valence-electron chi connectivity index (χ3n) is 4.94. The topological polar surface area (TPSA) is 17.1 Å². The minimum absolute atomic E-state index is 0.0198. The number of allylic oxidation sites excluding steroid dienone is 2. The molecule has 2 aliphatic carbocycles. The highest BCUT2D eigenvalue weighted by Crippen LogP contribution is 2.49. The summed E-state index contributed by atoms with van der Waals surface area (Å²) in [6, 6.07) is 20.5. The average molecular weight is 274 g/mol. The molecular weight excluding hydrogens is 256 g/mol. The molecule has 2 aromatic carbocycles. The van der Waals surface area contributed by atoms with Gasteiger partial charge in [-0.2, -0.15) is 0 Å². The summed E-state index contributed by atoms with van der Waals surface area (Å²) in [6.07, 6.45) is 5.64. The van der Waals surface area contributed by atoms with E-state index >= 15 is 0 Å². The Morgan fingerprint density at radius 2 is 1.10 bits per heavy atom. The van der Waals surface area contributed by atoms with Crippen molar-refractivity contribution >= 4 is 5.78 Å². The van der Waals surface area contributed by atoms with Crippen LogP contribution in [-0.2, 0) is 4.79 Å². The summed E-state index contributed by atoms with van der Waals surface area (Å²) in [6.45, 7) is 0. The number of hydrogen-bond acceptors (Lipinski definition) is 1. The number of carbonyl (C=O) groups excluding carboxylic acids is 1. The molecule has 0 aromatic heterocycles. The zero-order chi connectivity index (χ0) is 14.2. The Morgan fingerprint density at radius 3 is 1.52 bits per heavy atom. The molecule has 0 heterocycles. The van der Waals surface area contributed by atoms with Crippen molar-refractivity contribution in [3.8, 4) is 0 Å². The Bertz CT molecular complexity index is 614. The third-order valence-corrected chi connectivity index (χ3v) is 4.94. The standard InChI is InChI=1S/C20H18O/c21-20-18(14-7-3-1-4-8-14)16-11-12-17(13-16)19(20)15-9-5-2-6-10-15/h1-12,16-19H,13H2/t16-,17+,18-,19+. The molecule has 0 aliphatic heterocycles. The first-order chi connectivity index (χ1) is 10.3. The Balaban J connectivity index is 1.77. The number of fused-ring (bicyclic) bond motifs is 2. The van der Waals surface area contributed by atoms with Crippen LogP contribution in [0.25, 0.3) is 0 Å². The van der Waals surface area contributed by atoms with Gasteiger partial charge in [0, 0.05) is 11.8 Å². The molecule has 0 spiro atoms. The fourth-order valence-corrected chi connectivity index (χ4v) is 4.01. The van der Waals surface area contributed by atoms with Gasteiger partial charge < -0.3 is 0 Å². The normalized spacial score (nSPS) is 30.6. The van der Waals surface area contributed by atoms with Crippen LogP contribution >= 0.6 is 0 Å². The zero-order valence-electron chi connectivity index (χ0n) is 11.9. The first-order valence-electron chi connectivity index (χ1n) is 7.66. The predicted octanol–water partition coefficient (Wildman–Crippen LogP) is 4.33. The SMILES string of the molecule is O=C1[C@H](c2ccccc2)[C@@H]2C=C[C@@H](C2)[C@@H]1c1ccccc1. The maximum atomic E-state index is 13.1. The van der Waals surface area contributed by atoms with E-state index in [0.29, 0.717) is 17.6 Å². The summed E-state index contributed by atoms with van der Waals surface area (Å²) in [5.41, 5.74) is 2.33. The van der Waals surface area contributed by atoms with Crippen LogP contribution in [-0.4, -0.2) is 5.78 Å². The van der Waals surface area contributed by atoms with Crippen molar-refractivity contribution in [3.05, 3.63) is 83.9 Å². The minimum atomic E-state index is 0.0198. The molecule has 2 bridgehead atoms. The summed E-state index contributed by atoms with van der Waals surface area (Å²) < 4.78 is 0. The summed E-state index contributed by atoms with van der Waals surface area (Å²) in [5.74, 6) is 1.19. The van der Waals surface area contributed by atoms with E-state index in [1.807, 2.05) is 36.4 Å². The number of hydrogen-bond donors (Lipinski definition) is 0. The van der Waals surface area contributed by atoms with E-state index in [9.17, 15) is 4.79 Å².